The van der Waals surface area contributed by atoms with Crippen LogP contribution >= 0.6 is 11.3 Å². The summed E-state index contributed by atoms with van der Waals surface area (Å²) in [5, 5.41) is 21.5. The zero-order chi connectivity index (χ0) is 34.5. The molecule has 0 radical (unpaired) electrons. The van der Waals surface area contributed by atoms with Crippen LogP contribution in [0.2, 0.25) is 0 Å². The molecule has 0 saturated carbocycles. The van der Waals surface area contributed by atoms with Gasteiger partial charge in [0.1, 0.15) is 16.6 Å². The number of halogens is 2. The third-order valence-electron chi connectivity index (χ3n) is 6.34. The van der Waals surface area contributed by atoms with Crippen LogP contribution in [0.4, 0.5) is 35.9 Å². The number of sulfonamides is 1. The van der Waals surface area contributed by atoms with E-state index in [9.17, 15) is 36.9 Å². The zero-order valence-corrected chi connectivity index (χ0v) is 27.1. The highest BCUT2D eigenvalue weighted by Crippen LogP contribution is 2.44. The van der Waals surface area contributed by atoms with Crippen molar-refractivity contribution < 1.29 is 36.4 Å². The lowest BCUT2D eigenvalue weighted by atomic mass is 10.0. The number of carbonyl (C=O) groups is 2. The molecule has 0 aliphatic rings. The summed E-state index contributed by atoms with van der Waals surface area (Å²) < 4.78 is 60.2. The fourth-order valence-corrected chi connectivity index (χ4v) is 6.19. The standard InChI is InChI=1S/C29H29F2N7O7S2/c1-5-45-29(40)37(16-19-21(30)7-6-8-22(19)31)28-25(27(39)32-23-13-14-24(34-33-23)35-47(4,43)44)20(15-36(2)3)26(46-28)17-9-11-18(12-10-17)38(41)42/h6-14H,5,15-16H2,1-4H3,(H,34,35)(H,32,33,39). The van der Waals surface area contributed by atoms with Gasteiger partial charge in [-0.3, -0.25) is 24.5 Å². The first-order valence-electron chi connectivity index (χ1n) is 13.7. The van der Waals surface area contributed by atoms with E-state index < -0.39 is 50.7 Å². The Morgan fingerprint density at radius 3 is 2.13 bits per heavy atom. The van der Waals surface area contributed by atoms with Gasteiger partial charge in [0.05, 0.1) is 29.9 Å². The average Bonchev–Trinajstić information content (AvgIpc) is 3.35. The number of amides is 2. The topological polar surface area (TPSA) is 177 Å². The van der Waals surface area contributed by atoms with Gasteiger partial charge in [-0.05, 0) is 68.5 Å². The van der Waals surface area contributed by atoms with Crippen molar-refractivity contribution in [3.8, 4) is 10.4 Å². The summed E-state index contributed by atoms with van der Waals surface area (Å²) in [4.78, 5) is 41.4. The lowest BCUT2D eigenvalue weighted by Crippen LogP contribution is -2.33. The van der Waals surface area contributed by atoms with Gasteiger partial charge in [0.15, 0.2) is 11.6 Å². The normalized spacial score (nSPS) is 11.3. The minimum Gasteiger partial charge on any atom is -0.449 e. The Kier molecular flexibility index (Phi) is 10.8. The van der Waals surface area contributed by atoms with Crippen molar-refractivity contribution in [2.24, 2.45) is 0 Å². The summed E-state index contributed by atoms with van der Waals surface area (Å²) in [5.74, 6) is -2.83. The fraction of sp³-hybridized carbons (Fsp3) is 0.241. The Hall–Kier alpha value is -5.07. The lowest BCUT2D eigenvalue weighted by molar-refractivity contribution is -0.384. The second kappa shape index (κ2) is 14.6. The molecule has 0 fully saturated rings. The monoisotopic (exact) mass is 689 g/mol. The van der Waals surface area contributed by atoms with E-state index in [2.05, 4.69) is 20.2 Å². The molecule has 47 heavy (non-hydrogen) atoms. The smallest absolute Gasteiger partial charge is 0.415 e. The number of rotatable bonds is 12. The second-order valence-corrected chi connectivity index (χ2v) is 13.0. The predicted octanol–water partition coefficient (Wildman–Crippen LogP) is 5.24. The van der Waals surface area contributed by atoms with E-state index in [-0.39, 0.29) is 41.0 Å². The van der Waals surface area contributed by atoms with Crippen LogP contribution in [-0.2, 0) is 27.8 Å². The Labute approximate surface area is 272 Å². The Balaban J connectivity index is 1.92. The van der Waals surface area contributed by atoms with E-state index in [1.807, 2.05) is 0 Å². The van der Waals surface area contributed by atoms with Crippen molar-refractivity contribution in [3.05, 3.63) is 93.0 Å². The number of benzene rings is 2. The highest BCUT2D eigenvalue weighted by atomic mass is 32.2. The molecule has 2 N–H and O–H groups in total. The summed E-state index contributed by atoms with van der Waals surface area (Å²) in [6.45, 7) is 0.928. The van der Waals surface area contributed by atoms with Crippen LogP contribution in [0.3, 0.4) is 0 Å². The first-order chi connectivity index (χ1) is 22.2. The van der Waals surface area contributed by atoms with Crippen molar-refractivity contribution in [1.82, 2.24) is 15.1 Å². The van der Waals surface area contributed by atoms with Crippen LogP contribution in [0, 0.1) is 21.7 Å². The molecule has 4 rings (SSSR count). The number of nitro groups is 1. The summed E-state index contributed by atoms with van der Waals surface area (Å²) in [7, 11) is -0.184. The van der Waals surface area contributed by atoms with Crippen LogP contribution in [0.5, 0.6) is 0 Å². The Bertz CT molecular complexity index is 1880. The largest absolute Gasteiger partial charge is 0.449 e. The number of thiophene rings is 1. The summed E-state index contributed by atoms with van der Waals surface area (Å²) in [6.07, 6.45) is -0.0622. The highest BCUT2D eigenvalue weighted by Gasteiger charge is 2.33. The van der Waals surface area contributed by atoms with E-state index >= 15 is 0 Å². The molecular weight excluding hydrogens is 660 g/mol. The van der Waals surface area contributed by atoms with Crippen molar-refractivity contribution in [1.29, 1.82) is 0 Å². The molecule has 0 aliphatic heterocycles. The number of nitrogens with one attached hydrogen (secondary N) is 2. The SMILES string of the molecule is CCOC(=O)N(Cc1c(F)cccc1F)c1sc(-c2ccc([N+](=O)[O-])cc2)c(CN(C)C)c1C(=O)Nc1ccc(NS(C)(=O)=O)nn1. The van der Waals surface area contributed by atoms with E-state index in [1.54, 1.807) is 25.9 Å². The zero-order valence-electron chi connectivity index (χ0n) is 25.5. The van der Waals surface area contributed by atoms with Crippen LogP contribution in [0.15, 0.2) is 54.6 Å². The molecule has 4 aromatic rings. The van der Waals surface area contributed by atoms with Gasteiger partial charge < -0.3 is 15.0 Å². The highest BCUT2D eigenvalue weighted by molar-refractivity contribution is 7.92. The number of aromatic nitrogens is 2. The maximum atomic E-state index is 14.9. The number of hydrogen-bond donors (Lipinski definition) is 2. The fourth-order valence-electron chi connectivity index (χ4n) is 4.40. The third-order valence-corrected chi connectivity index (χ3v) is 8.22. The van der Waals surface area contributed by atoms with Gasteiger partial charge in [-0.1, -0.05) is 6.07 Å². The first kappa shape index (κ1) is 34.8. The molecule has 0 spiro atoms. The minimum absolute atomic E-state index is 0.0304. The quantitative estimate of drug-likeness (QED) is 0.148. The van der Waals surface area contributed by atoms with Crippen molar-refractivity contribution in [2.45, 2.75) is 20.0 Å². The minimum atomic E-state index is -3.65. The van der Waals surface area contributed by atoms with Gasteiger partial charge in [-0.2, -0.15) is 0 Å². The number of non-ortho nitro benzene ring substituents is 1. The van der Waals surface area contributed by atoms with Gasteiger partial charge in [-0.15, -0.1) is 21.5 Å². The Morgan fingerprint density at radius 2 is 1.60 bits per heavy atom. The van der Waals surface area contributed by atoms with E-state index in [0.717, 1.165) is 34.6 Å². The lowest BCUT2D eigenvalue weighted by Gasteiger charge is -2.23. The molecule has 2 aromatic heterocycles. The van der Waals surface area contributed by atoms with Crippen LogP contribution in [-0.4, -0.2) is 67.4 Å². The molecule has 0 atom stereocenters. The van der Waals surface area contributed by atoms with Gasteiger partial charge >= 0.3 is 6.09 Å². The van der Waals surface area contributed by atoms with Crippen LogP contribution in [0.25, 0.3) is 10.4 Å². The summed E-state index contributed by atoms with van der Waals surface area (Å²) >= 11 is 0.947. The Morgan fingerprint density at radius 1 is 0.979 bits per heavy atom. The van der Waals surface area contributed by atoms with E-state index in [0.29, 0.717) is 16.0 Å². The van der Waals surface area contributed by atoms with Crippen molar-refractivity contribution in [2.75, 3.05) is 41.9 Å². The number of ether oxygens (including phenoxy) is 1. The number of hydrogen-bond acceptors (Lipinski definition) is 11. The number of nitrogens with zero attached hydrogens (tertiary/aromatic N) is 5. The molecule has 0 bridgehead atoms. The molecule has 18 heteroatoms. The van der Waals surface area contributed by atoms with E-state index in [4.69, 9.17) is 4.74 Å². The van der Waals surface area contributed by atoms with Crippen LogP contribution < -0.4 is 14.9 Å². The first-order valence-corrected chi connectivity index (χ1v) is 16.4. The molecule has 0 saturated heterocycles. The molecular formula is C29H29F2N7O7S2. The molecule has 0 unspecified atom stereocenters. The predicted molar refractivity (Wildman–Crippen MR) is 172 cm³/mol. The van der Waals surface area contributed by atoms with Gasteiger partial charge in [0, 0.05) is 29.1 Å². The summed E-state index contributed by atoms with van der Waals surface area (Å²) in [5.41, 5.74) is 0.156. The molecule has 0 aliphatic carbocycles. The van der Waals surface area contributed by atoms with Crippen molar-refractivity contribution in [3.63, 3.8) is 0 Å². The number of nitro benzene ring substituents is 1. The molecule has 14 nitrogen and oxygen atoms in total. The molecule has 2 heterocycles. The average molecular weight is 690 g/mol. The second-order valence-electron chi connectivity index (χ2n) is 10.2. The maximum absolute atomic E-state index is 14.9. The van der Waals surface area contributed by atoms with Crippen LogP contribution in [0.1, 0.15) is 28.4 Å². The number of anilines is 3. The molecule has 2 amide bonds. The maximum Gasteiger partial charge on any atom is 0.415 e. The van der Waals surface area contributed by atoms with Gasteiger partial charge in [0.2, 0.25) is 10.0 Å². The van der Waals surface area contributed by atoms with Crippen molar-refractivity contribution >= 4 is 55.7 Å². The third kappa shape index (κ3) is 8.60. The number of carbonyl (C=O) groups excluding carboxylic acids is 2. The van der Waals surface area contributed by atoms with E-state index in [1.165, 1.54) is 42.5 Å². The molecule has 2 aromatic carbocycles. The summed E-state index contributed by atoms with van der Waals surface area (Å²) in [6, 6.07) is 11.3. The molecule has 248 valence electrons. The van der Waals surface area contributed by atoms with Gasteiger partial charge in [0.25, 0.3) is 11.6 Å². The van der Waals surface area contributed by atoms with Gasteiger partial charge in [-0.25, -0.2) is 22.0 Å².